The molecular formula is C7H15N. The highest BCUT2D eigenvalue weighted by Crippen LogP contribution is 1.98. The second-order valence-corrected chi connectivity index (χ2v) is 2.14. The summed E-state index contributed by atoms with van der Waals surface area (Å²) in [6.07, 6.45) is 3.10. The smallest absolute Gasteiger partial charge is 0.0410 e. The van der Waals surface area contributed by atoms with Crippen molar-refractivity contribution in [2.75, 3.05) is 6.54 Å². The van der Waals surface area contributed by atoms with Gasteiger partial charge in [0.2, 0.25) is 0 Å². The first kappa shape index (κ1) is 7.67. The Bertz CT molecular complexity index is 66.8. The summed E-state index contributed by atoms with van der Waals surface area (Å²) in [5.74, 6) is 0.756. The molecule has 0 saturated carbocycles. The lowest BCUT2D eigenvalue weighted by Crippen LogP contribution is -1.95. The lowest BCUT2D eigenvalue weighted by molar-refractivity contribution is 0.578. The molecule has 0 spiro atoms. The van der Waals surface area contributed by atoms with E-state index in [1.165, 1.54) is 6.42 Å². The van der Waals surface area contributed by atoms with Crippen molar-refractivity contribution in [2.45, 2.75) is 27.2 Å². The van der Waals surface area contributed by atoms with Crippen LogP contribution in [0.2, 0.25) is 0 Å². The van der Waals surface area contributed by atoms with Crippen molar-refractivity contribution < 1.29 is 0 Å². The summed E-state index contributed by atoms with van der Waals surface area (Å²) >= 11 is 0. The second-order valence-electron chi connectivity index (χ2n) is 2.14. The van der Waals surface area contributed by atoms with Gasteiger partial charge in [-0.2, -0.15) is 0 Å². The van der Waals surface area contributed by atoms with Crippen LogP contribution in [-0.2, 0) is 0 Å². The van der Waals surface area contributed by atoms with Crippen LogP contribution in [-0.4, -0.2) is 12.8 Å². The van der Waals surface area contributed by atoms with Gasteiger partial charge in [-0.1, -0.05) is 20.3 Å². The summed E-state index contributed by atoms with van der Waals surface area (Å²) in [6, 6.07) is 0. The van der Waals surface area contributed by atoms with Crippen molar-refractivity contribution in [3.05, 3.63) is 0 Å². The first-order valence-electron chi connectivity index (χ1n) is 3.25. The zero-order chi connectivity index (χ0) is 6.41. The average molecular weight is 113 g/mol. The van der Waals surface area contributed by atoms with Crippen LogP contribution >= 0.6 is 0 Å². The molecule has 1 atom stereocenters. The second kappa shape index (κ2) is 4.82. The number of nitrogens with zero attached hydrogens (tertiary/aromatic N) is 1. The van der Waals surface area contributed by atoms with Crippen molar-refractivity contribution in [1.82, 2.24) is 0 Å². The summed E-state index contributed by atoms with van der Waals surface area (Å²) in [4.78, 5) is 4.12. The van der Waals surface area contributed by atoms with Gasteiger partial charge < -0.3 is 0 Å². The number of hydrogen-bond acceptors (Lipinski definition) is 1. The van der Waals surface area contributed by atoms with E-state index in [9.17, 15) is 0 Å². The lowest BCUT2D eigenvalue weighted by atomic mass is 10.1. The van der Waals surface area contributed by atoms with Crippen molar-refractivity contribution >= 4 is 6.21 Å². The van der Waals surface area contributed by atoms with Gasteiger partial charge in [0.05, 0.1) is 0 Å². The van der Waals surface area contributed by atoms with Gasteiger partial charge >= 0.3 is 0 Å². The van der Waals surface area contributed by atoms with E-state index < -0.39 is 0 Å². The van der Waals surface area contributed by atoms with Gasteiger partial charge in [0.15, 0.2) is 0 Å². The molecule has 0 rings (SSSR count). The van der Waals surface area contributed by atoms with Crippen molar-refractivity contribution in [3.63, 3.8) is 0 Å². The third-order valence-corrected chi connectivity index (χ3v) is 1.30. The Morgan fingerprint density at radius 1 is 1.62 bits per heavy atom. The topological polar surface area (TPSA) is 12.4 Å². The van der Waals surface area contributed by atoms with Crippen LogP contribution in [0.4, 0.5) is 0 Å². The third kappa shape index (κ3) is 3.85. The van der Waals surface area contributed by atoms with Crippen molar-refractivity contribution in [2.24, 2.45) is 10.9 Å². The Morgan fingerprint density at radius 3 is 2.62 bits per heavy atom. The minimum Gasteiger partial charge on any atom is -0.298 e. The third-order valence-electron chi connectivity index (χ3n) is 1.30. The van der Waals surface area contributed by atoms with Crippen LogP contribution in [0.5, 0.6) is 0 Å². The van der Waals surface area contributed by atoms with E-state index >= 15 is 0 Å². The fourth-order valence-electron chi connectivity index (χ4n) is 0.414. The van der Waals surface area contributed by atoms with Gasteiger partial charge in [-0.25, -0.2) is 0 Å². The molecule has 0 bridgehead atoms. The molecule has 48 valence electrons. The van der Waals surface area contributed by atoms with Crippen LogP contribution in [0, 0.1) is 5.92 Å². The molecule has 1 nitrogen and oxygen atoms in total. The zero-order valence-electron chi connectivity index (χ0n) is 6.02. The number of rotatable bonds is 3. The van der Waals surface area contributed by atoms with E-state index in [4.69, 9.17) is 0 Å². The predicted molar refractivity (Wildman–Crippen MR) is 38.5 cm³/mol. The van der Waals surface area contributed by atoms with Crippen LogP contribution in [0.3, 0.4) is 0 Å². The molecule has 0 radical (unpaired) electrons. The molecule has 0 aliphatic rings. The van der Waals surface area contributed by atoms with E-state index in [-0.39, 0.29) is 0 Å². The Hall–Kier alpha value is -0.330. The van der Waals surface area contributed by atoms with Gasteiger partial charge in [0.1, 0.15) is 0 Å². The maximum Gasteiger partial charge on any atom is 0.0410 e. The summed E-state index contributed by atoms with van der Waals surface area (Å²) in [5.41, 5.74) is 0. The van der Waals surface area contributed by atoms with Gasteiger partial charge in [-0.15, -0.1) is 0 Å². The quantitative estimate of drug-likeness (QED) is 0.497. The monoisotopic (exact) mass is 113 g/mol. The van der Waals surface area contributed by atoms with Crippen LogP contribution in [0.15, 0.2) is 4.99 Å². The molecule has 0 aliphatic carbocycles. The molecule has 0 aromatic rings. The van der Waals surface area contributed by atoms with E-state index in [0.29, 0.717) is 0 Å². The van der Waals surface area contributed by atoms with Crippen LogP contribution in [0.25, 0.3) is 0 Å². The summed E-state index contributed by atoms with van der Waals surface area (Å²) in [6.45, 7) is 7.36. The Kier molecular flexibility index (Phi) is 4.62. The van der Waals surface area contributed by atoms with Crippen LogP contribution < -0.4 is 0 Å². The fraction of sp³-hybridized carbons (Fsp3) is 0.857. The highest BCUT2D eigenvalue weighted by atomic mass is 14.7. The van der Waals surface area contributed by atoms with Gasteiger partial charge in [0.25, 0.3) is 0 Å². The normalized spacial score (nSPS) is 14.9. The first-order chi connectivity index (χ1) is 3.81. The lowest BCUT2D eigenvalue weighted by Gasteiger charge is -2.00. The van der Waals surface area contributed by atoms with Gasteiger partial charge in [-0.3, -0.25) is 4.99 Å². The number of aliphatic imine (C=N–C) groups is 1. The molecule has 0 N–H and O–H groups in total. The average Bonchev–Trinajstić information content (AvgIpc) is 1.83. The molecule has 1 heteroatoms. The number of hydrogen-bond donors (Lipinski definition) is 0. The van der Waals surface area contributed by atoms with Crippen molar-refractivity contribution in [1.29, 1.82) is 0 Å². The maximum absolute atomic E-state index is 4.12. The molecule has 0 saturated heterocycles. The molecule has 8 heavy (non-hydrogen) atoms. The SMILES string of the molecule is CC=NC[C@H](C)CC. The predicted octanol–water partition coefficient (Wildman–Crippen LogP) is 2.12. The van der Waals surface area contributed by atoms with E-state index in [0.717, 1.165) is 12.5 Å². The molecule has 0 amide bonds. The molecule has 0 unspecified atom stereocenters. The highest BCUT2D eigenvalue weighted by molar-refractivity contribution is 5.53. The molecule has 0 aromatic carbocycles. The molecular weight excluding hydrogens is 98.1 g/mol. The molecule has 0 aromatic heterocycles. The largest absolute Gasteiger partial charge is 0.298 e. The van der Waals surface area contributed by atoms with E-state index in [1.807, 2.05) is 13.1 Å². The molecule has 0 fully saturated rings. The minimum absolute atomic E-state index is 0.756. The summed E-state index contributed by atoms with van der Waals surface area (Å²) in [5, 5.41) is 0. The van der Waals surface area contributed by atoms with E-state index in [1.54, 1.807) is 0 Å². The Balaban J connectivity index is 3.10. The van der Waals surface area contributed by atoms with Gasteiger partial charge in [-0.05, 0) is 19.1 Å². The minimum atomic E-state index is 0.756. The molecule has 0 heterocycles. The zero-order valence-corrected chi connectivity index (χ0v) is 6.02. The maximum atomic E-state index is 4.12. The summed E-state index contributed by atoms with van der Waals surface area (Å²) < 4.78 is 0. The Labute approximate surface area is 51.8 Å². The first-order valence-corrected chi connectivity index (χ1v) is 3.25. The molecule has 0 aliphatic heterocycles. The van der Waals surface area contributed by atoms with Crippen LogP contribution in [0.1, 0.15) is 27.2 Å². The highest BCUT2D eigenvalue weighted by Gasteiger charge is 1.92. The Morgan fingerprint density at radius 2 is 2.25 bits per heavy atom. The standard InChI is InChI=1S/C7H15N/c1-4-7(3)6-8-5-2/h5,7H,4,6H2,1-3H3/t7-/m1/s1. The fourth-order valence-corrected chi connectivity index (χ4v) is 0.414. The van der Waals surface area contributed by atoms with Gasteiger partial charge in [0, 0.05) is 6.54 Å². The summed E-state index contributed by atoms with van der Waals surface area (Å²) in [7, 11) is 0. The van der Waals surface area contributed by atoms with Crippen molar-refractivity contribution in [3.8, 4) is 0 Å². The van der Waals surface area contributed by atoms with E-state index in [2.05, 4.69) is 18.8 Å².